The summed E-state index contributed by atoms with van der Waals surface area (Å²) >= 11 is 0. The van der Waals surface area contributed by atoms with Gasteiger partial charge in [-0.25, -0.2) is 0 Å². The predicted molar refractivity (Wildman–Crippen MR) is 79.9 cm³/mol. The van der Waals surface area contributed by atoms with E-state index >= 15 is 0 Å². The maximum absolute atomic E-state index is 12.1. The Labute approximate surface area is 126 Å². The molecule has 2 fully saturated rings. The van der Waals surface area contributed by atoms with E-state index < -0.39 is 0 Å². The van der Waals surface area contributed by atoms with Gasteiger partial charge in [0.2, 0.25) is 5.91 Å². The molecule has 1 aromatic rings. The average molecular weight is 291 g/mol. The molecule has 1 aromatic heterocycles. The minimum Gasteiger partial charge on any atom is -0.373 e. The summed E-state index contributed by atoms with van der Waals surface area (Å²) in [5, 5.41) is 7.33. The molecule has 5 heteroatoms. The summed E-state index contributed by atoms with van der Waals surface area (Å²) in [6.07, 6.45) is 9.40. The fourth-order valence-corrected chi connectivity index (χ4v) is 3.62. The first-order valence-corrected chi connectivity index (χ1v) is 8.09. The van der Waals surface area contributed by atoms with Crippen LogP contribution in [0.4, 0.5) is 0 Å². The first-order valence-electron chi connectivity index (χ1n) is 8.09. The van der Waals surface area contributed by atoms with E-state index in [1.165, 1.54) is 19.3 Å². The Morgan fingerprint density at radius 2 is 2.29 bits per heavy atom. The Balaban J connectivity index is 1.44. The van der Waals surface area contributed by atoms with Crippen LogP contribution in [-0.4, -0.2) is 33.9 Å². The van der Waals surface area contributed by atoms with Crippen molar-refractivity contribution in [3.63, 3.8) is 0 Å². The van der Waals surface area contributed by atoms with Gasteiger partial charge in [-0.3, -0.25) is 9.48 Å². The van der Waals surface area contributed by atoms with Gasteiger partial charge in [0.25, 0.3) is 0 Å². The second kappa shape index (κ2) is 6.18. The van der Waals surface area contributed by atoms with Crippen LogP contribution < -0.4 is 5.32 Å². The van der Waals surface area contributed by atoms with Crippen LogP contribution in [-0.2, 0) is 16.1 Å². The van der Waals surface area contributed by atoms with Gasteiger partial charge in [0, 0.05) is 24.9 Å². The summed E-state index contributed by atoms with van der Waals surface area (Å²) < 4.78 is 7.90. The quantitative estimate of drug-likeness (QED) is 0.925. The van der Waals surface area contributed by atoms with Gasteiger partial charge in [-0.2, -0.15) is 5.10 Å². The number of hydrogen-bond acceptors (Lipinski definition) is 3. The van der Waals surface area contributed by atoms with Crippen molar-refractivity contribution in [3.05, 3.63) is 18.0 Å². The number of hydrogen-bond donors (Lipinski definition) is 1. The monoisotopic (exact) mass is 291 g/mol. The second-order valence-electron chi connectivity index (χ2n) is 6.47. The van der Waals surface area contributed by atoms with E-state index in [1.807, 2.05) is 17.7 Å². The van der Waals surface area contributed by atoms with Crippen molar-refractivity contribution >= 4 is 5.91 Å². The van der Waals surface area contributed by atoms with Crippen LogP contribution in [0.3, 0.4) is 0 Å². The molecular weight excluding hydrogens is 266 g/mol. The third-order valence-corrected chi connectivity index (χ3v) is 4.82. The van der Waals surface area contributed by atoms with Gasteiger partial charge in [-0.05, 0) is 32.3 Å². The highest BCUT2D eigenvalue weighted by Crippen LogP contribution is 2.39. The van der Waals surface area contributed by atoms with E-state index in [9.17, 15) is 4.79 Å². The van der Waals surface area contributed by atoms with Gasteiger partial charge in [0.15, 0.2) is 0 Å². The second-order valence-corrected chi connectivity index (χ2v) is 6.47. The Kier molecular flexibility index (Phi) is 4.29. The molecule has 21 heavy (non-hydrogen) atoms. The van der Waals surface area contributed by atoms with Gasteiger partial charge in [0.05, 0.1) is 18.2 Å². The number of aromatic nitrogens is 2. The van der Waals surface area contributed by atoms with Gasteiger partial charge < -0.3 is 10.1 Å². The Morgan fingerprint density at radius 1 is 1.48 bits per heavy atom. The summed E-state index contributed by atoms with van der Waals surface area (Å²) in [6.45, 7) is 3.32. The van der Waals surface area contributed by atoms with E-state index in [0.29, 0.717) is 19.6 Å². The van der Waals surface area contributed by atoms with Crippen molar-refractivity contribution in [1.29, 1.82) is 0 Å². The first-order chi connectivity index (χ1) is 10.2. The van der Waals surface area contributed by atoms with Crippen molar-refractivity contribution in [2.75, 3.05) is 6.61 Å². The van der Waals surface area contributed by atoms with E-state index in [-0.39, 0.29) is 17.6 Å². The number of ether oxygens (including phenoxy) is 1. The van der Waals surface area contributed by atoms with Crippen molar-refractivity contribution in [2.45, 2.75) is 70.1 Å². The topological polar surface area (TPSA) is 56.2 Å². The van der Waals surface area contributed by atoms with Crippen LogP contribution in [0.15, 0.2) is 12.3 Å². The van der Waals surface area contributed by atoms with Gasteiger partial charge >= 0.3 is 0 Å². The summed E-state index contributed by atoms with van der Waals surface area (Å²) in [4.78, 5) is 12.1. The fraction of sp³-hybridized carbons (Fsp3) is 0.750. The van der Waals surface area contributed by atoms with E-state index in [2.05, 4.69) is 10.4 Å². The maximum Gasteiger partial charge on any atom is 0.222 e. The molecule has 1 saturated heterocycles. The van der Waals surface area contributed by atoms with Crippen LogP contribution in [0.5, 0.6) is 0 Å². The van der Waals surface area contributed by atoms with E-state index in [1.54, 1.807) is 6.20 Å². The molecule has 0 bridgehead atoms. The summed E-state index contributed by atoms with van der Waals surface area (Å²) in [5.74, 6) is 0.103. The van der Waals surface area contributed by atoms with Crippen LogP contribution in [0, 0.1) is 6.92 Å². The number of aryl methyl sites for hydroxylation is 2. The number of nitrogens with one attached hydrogen (secondary N) is 1. The summed E-state index contributed by atoms with van der Waals surface area (Å²) in [6, 6.07) is 2.14. The smallest absolute Gasteiger partial charge is 0.222 e. The number of amides is 1. The molecule has 5 nitrogen and oxygen atoms in total. The average Bonchev–Trinajstić information content (AvgIpc) is 3.05. The maximum atomic E-state index is 12.1. The minimum absolute atomic E-state index is 0.0643. The highest BCUT2D eigenvalue weighted by molar-refractivity contribution is 5.76. The molecule has 3 rings (SSSR count). The van der Waals surface area contributed by atoms with Gasteiger partial charge in [-0.15, -0.1) is 0 Å². The van der Waals surface area contributed by atoms with Crippen molar-refractivity contribution < 1.29 is 9.53 Å². The molecule has 0 aromatic carbocycles. The zero-order valence-corrected chi connectivity index (χ0v) is 12.8. The van der Waals surface area contributed by atoms with Crippen LogP contribution in [0.2, 0.25) is 0 Å². The highest BCUT2D eigenvalue weighted by atomic mass is 16.5. The van der Waals surface area contributed by atoms with Crippen molar-refractivity contribution in [2.24, 2.45) is 0 Å². The highest BCUT2D eigenvalue weighted by Gasteiger charge is 2.41. The number of carbonyl (C=O) groups is 1. The molecule has 1 amide bonds. The molecule has 1 unspecified atom stereocenters. The van der Waals surface area contributed by atoms with Crippen LogP contribution in [0.25, 0.3) is 0 Å². The minimum atomic E-state index is 0.0643. The largest absolute Gasteiger partial charge is 0.373 e. The third kappa shape index (κ3) is 3.46. The standard InChI is InChI=1S/C16H25N3O2/c1-13-5-9-17-19(13)10-6-15(20)18-14-11-16(21-12-14)7-3-2-4-8-16/h5,9,14H,2-4,6-8,10-12H2,1H3,(H,18,20). The van der Waals surface area contributed by atoms with Crippen molar-refractivity contribution in [1.82, 2.24) is 15.1 Å². The molecule has 2 heterocycles. The summed E-state index contributed by atoms with van der Waals surface area (Å²) in [7, 11) is 0. The molecule has 1 aliphatic heterocycles. The van der Waals surface area contributed by atoms with Crippen molar-refractivity contribution in [3.8, 4) is 0 Å². The Bertz CT molecular complexity index is 491. The SMILES string of the molecule is Cc1ccnn1CCC(=O)NC1COC2(CCCCC2)C1. The summed E-state index contributed by atoms with van der Waals surface area (Å²) in [5.41, 5.74) is 1.16. The van der Waals surface area contributed by atoms with E-state index in [0.717, 1.165) is 25.0 Å². The Hall–Kier alpha value is -1.36. The Morgan fingerprint density at radius 3 is 3.00 bits per heavy atom. The van der Waals surface area contributed by atoms with Crippen LogP contribution >= 0.6 is 0 Å². The molecule has 1 saturated carbocycles. The molecule has 116 valence electrons. The number of carbonyl (C=O) groups excluding carboxylic acids is 1. The molecule has 2 aliphatic rings. The normalized spacial score (nSPS) is 24.3. The zero-order chi connectivity index (χ0) is 14.7. The van der Waals surface area contributed by atoms with Gasteiger partial charge in [-0.1, -0.05) is 19.3 Å². The molecule has 1 aliphatic carbocycles. The lowest BCUT2D eigenvalue weighted by molar-refractivity contribution is -0.122. The number of rotatable bonds is 4. The zero-order valence-electron chi connectivity index (χ0n) is 12.8. The lowest BCUT2D eigenvalue weighted by Crippen LogP contribution is -2.37. The third-order valence-electron chi connectivity index (χ3n) is 4.82. The lowest BCUT2D eigenvalue weighted by Gasteiger charge is -2.32. The molecular formula is C16H25N3O2. The lowest BCUT2D eigenvalue weighted by atomic mass is 9.82. The number of nitrogens with zero attached hydrogens (tertiary/aromatic N) is 2. The van der Waals surface area contributed by atoms with Crippen LogP contribution in [0.1, 0.15) is 50.6 Å². The molecule has 1 atom stereocenters. The molecule has 1 spiro atoms. The van der Waals surface area contributed by atoms with E-state index in [4.69, 9.17) is 4.74 Å². The fourth-order valence-electron chi connectivity index (χ4n) is 3.62. The first kappa shape index (κ1) is 14.6. The predicted octanol–water partition coefficient (Wildman–Crippen LogP) is 2.19. The molecule has 0 radical (unpaired) electrons. The van der Waals surface area contributed by atoms with Gasteiger partial charge in [0.1, 0.15) is 0 Å². The molecule has 1 N–H and O–H groups in total.